The minimum absolute atomic E-state index is 0.139. The summed E-state index contributed by atoms with van der Waals surface area (Å²) >= 11 is 0. The van der Waals surface area contributed by atoms with Gasteiger partial charge in [-0.15, -0.1) is 0 Å². The molecule has 42 heavy (non-hydrogen) atoms. The number of hydrogen-bond acceptors (Lipinski definition) is 12. The molecule has 2 aliphatic rings. The third kappa shape index (κ3) is 7.32. The summed E-state index contributed by atoms with van der Waals surface area (Å²) in [5, 5.41) is 0. The molecule has 0 heterocycles. The molecule has 12 heteroatoms. The van der Waals surface area contributed by atoms with Crippen LogP contribution in [0.1, 0.15) is 75.2 Å². The SMILES string of the molecule is C=C1[C@H](OC(C)=O)CC(=O)C(C)(C)/C=C\[C@@H](C)C(=O)[C@@]2(OC(C)=O)C[C@@](C)(OC(C)=O)[C@H](OC(C)=O)[C@@H]2[C@H]1OC(C)=O. The number of esters is 5. The van der Waals surface area contributed by atoms with Crippen LogP contribution in [-0.4, -0.2) is 70.9 Å². The maximum Gasteiger partial charge on any atom is 0.303 e. The van der Waals surface area contributed by atoms with Gasteiger partial charge in [0.05, 0.1) is 5.92 Å². The minimum atomic E-state index is -2.21. The molecule has 0 saturated heterocycles. The lowest BCUT2D eigenvalue weighted by Crippen LogP contribution is -2.57. The van der Waals surface area contributed by atoms with Crippen molar-refractivity contribution in [2.45, 2.75) is 105 Å². The van der Waals surface area contributed by atoms with Gasteiger partial charge in [0.1, 0.15) is 18.0 Å². The van der Waals surface area contributed by atoms with Crippen molar-refractivity contribution in [2.24, 2.45) is 17.3 Å². The van der Waals surface area contributed by atoms with Gasteiger partial charge in [0.15, 0.2) is 23.1 Å². The number of ether oxygens (including phenoxy) is 5. The Bertz CT molecular complexity index is 1210. The van der Waals surface area contributed by atoms with Gasteiger partial charge in [0, 0.05) is 64.4 Å². The average molecular weight is 593 g/mol. The Kier molecular flexibility index (Phi) is 10.3. The highest BCUT2D eigenvalue weighted by atomic mass is 16.6. The van der Waals surface area contributed by atoms with E-state index in [0.29, 0.717) is 0 Å². The Morgan fingerprint density at radius 2 is 1.33 bits per heavy atom. The number of Topliss-reactive ketones (excluding diaryl/α,β-unsaturated/α-hetero) is 2. The molecule has 0 spiro atoms. The zero-order chi connectivity index (χ0) is 32.4. The Morgan fingerprint density at radius 3 is 1.81 bits per heavy atom. The Labute approximate surface area is 245 Å². The van der Waals surface area contributed by atoms with Gasteiger partial charge in [-0.05, 0) is 20.8 Å². The molecule has 0 aromatic carbocycles. The highest BCUT2D eigenvalue weighted by Crippen LogP contribution is 2.53. The summed E-state index contributed by atoms with van der Waals surface area (Å²) in [7, 11) is 0. The second-order valence-corrected chi connectivity index (χ2v) is 11.7. The zero-order valence-electron chi connectivity index (χ0n) is 25.6. The largest absolute Gasteiger partial charge is 0.458 e. The first-order valence-electron chi connectivity index (χ1n) is 13.5. The summed E-state index contributed by atoms with van der Waals surface area (Å²) < 4.78 is 28.3. The fourth-order valence-electron chi connectivity index (χ4n) is 5.80. The molecule has 2 aliphatic carbocycles. The van der Waals surface area contributed by atoms with Crippen LogP contribution in [0, 0.1) is 17.3 Å². The van der Waals surface area contributed by atoms with Crippen molar-refractivity contribution >= 4 is 41.4 Å². The van der Waals surface area contributed by atoms with Crippen molar-refractivity contribution in [1.29, 1.82) is 0 Å². The van der Waals surface area contributed by atoms with Gasteiger partial charge in [-0.3, -0.25) is 33.6 Å². The van der Waals surface area contributed by atoms with Gasteiger partial charge in [0.25, 0.3) is 0 Å². The van der Waals surface area contributed by atoms with Gasteiger partial charge in [-0.1, -0.05) is 25.7 Å². The van der Waals surface area contributed by atoms with E-state index in [4.69, 9.17) is 23.7 Å². The normalized spacial score (nSPS) is 33.6. The molecule has 1 fully saturated rings. The second kappa shape index (κ2) is 12.6. The Hall–Kier alpha value is -3.83. The van der Waals surface area contributed by atoms with E-state index in [9.17, 15) is 33.6 Å². The van der Waals surface area contributed by atoms with E-state index in [1.807, 2.05) is 0 Å². The van der Waals surface area contributed by atoms with E-state index >= 15 is 0 Å². The maximum absolute atomic E-state index is 14.4. The standard InChI is InChI=1S/C30H40O12/c1-15-11-12-28(8,9)23(36)13-22(38-17(3)31)16(2)25(39-18(4)32)24-27(40-19(5)33)29(10,41-20(6)34)14-30(24,26(15)37)42-21(7)35/h11-12,15,22,24-25,27H,2,13-14H2,1,3-10H3/b12-11-/t15-,22-,24+,25+,27-,29-,30-/m1/s1. The van der Waals surface area contributed by atoms with E-state index in [1.54, 1.807) is 13.8 Å². The Balaban J connectivity index is 3.09. The van der Waals surface area contributed by atoms with Gasteiger partial charge >= 0.3 is 29.8 Å². The number of carbonyl (C=O) groups excluding carboxylic acids is 7. The van der Waals surface area contributed by atoms with Crippen molar-refractivity contribution in [1.82, 2.24) is 0 Å². The molecular weight excluding hydrogens is 552 g/mol. The average Bonchev–Trinajstić information content (AvgIpc) is 3.04. The predicted octanol–water partition coefficient (Wildman–Crippen LogP) is 2.74. The van der Waals surface area contributed by atoms with E-state index in [1.165, 1.54) is 26.0 Å². The van der Waals surface area contributed by atoms with Crippen LogP contribution in [0.25, 0.3) is 0 Å². The topological polar surface area (TPSA) is 166 Å². The van der Waals surface area contributed by atoms with Crippen LogP contribution in [-0.2, 0) is 57.2 Å². The summed E-state index contributed by atoms with van der Waals surface area (Å²) in [6, 6.07) is 0. The molecule has 0 aromatic heterocycles. The molecular formula is C30H40O12. The Morgan fingerprint density at radius 1 is 0.810 bits per heavy atom. The van der Waals surface area contributed by atoms with Crippen LogP contribution in [0.2, 0.25) is 0 Å². The number of allylic oxidation sites excluding steroid dienone is 2. The lowest BCUT2D eigenvalue weighted by molar-refractivity contribution is -0.189. The van der Waals surface area contributed by atoms with Gasteiger partial charge < -0.3 is 23.7 Å². The number of ketones is 2. The molecule has 0 bridgehead atoms. The molecule has 0 aromatic rings. The van der Waals surface area contributed by atoms with Gasteiger partial charge in [-0.2, -0.15) is 0 Å². The van der Waals surface area contributed by atoms with Crippen LogP contribution in [0.15, 0.2) is 24.3 Å². The first-order valence-corrected chi connectivity index (χ1v) is 13.5. The molecule has 232 valence electrons. The number of hydrogen-bond donors (Lipinski definition) is 0. The molecule has 0 amide bonds. The molecule has 0 N–H and O–H groups in total. The maximum atomic E-state index is 14.4. The third-order valence-electron chi connectivity index (χ3n) is 7.50. The van der Waals surface area contributed by atoms with Crippen molar-refractivity contribution in [3.63, 3.8) is 0 Å². The third-order valence-corrected chi connectivity index (χ3v) is 7.50. The monoisotopic (exact) mass is 592 g/mol. The molecule has 0 unspecified atom stereocenters. The minimum Gasteiger partial charge on any atom is -0.458 e. The summed E-state index contributed by atoms with van der Waals surface area (Å²) in [5.74, 6) is -7.81. The van der Waals surface area contributed by atoms with Crippen LogP contribution in [0.5, 0.6) is 0 Å². The molecule has 0 aliphatic heterocycles. The van der Waals surface area contributed by atoms with Crippen LogP contribution in [0.4, 0.5) is 0 Å². The summed E-state index contributed by atoms with van der Waals surface area (Å²) in [6.07, 6.45) is -2.41. The first kappa shape index (κ1) is 34.4. The number of rotatable bonds is 5. The smallest absolute Gasteiger partial charge is 0.303 e. The van der Waals surface area contributed by atoms with Crippen molar-refractivity contribution in [2.75, 3.05) is 0 Å². The molecule has 7 atom stereocenters. The predicted molar refractivity (Wildman–Crippen MR) is 145 cm³/mol. The molecule has 0 radical (unpaired) electrons. The van der Waals surface area contributed by atoms with Crippen molar-refractivity contribution in [3.05, 3.63) is 24.3 Å². The van der Waals surface area contributed by atoms with Gasteiger partial charge in [0.2, 0.25) is 0 Å². The lowest BCUT2D eigenvalue weighted by Gasteiger charge is -2.41. The van der Waals surface area contributed by atoms with Crippen molar-refractivity contribution < 1.29 is 57.2 Å². The van der Waals surface area contributed by atoms with E-state index in [2.05, 4.69) is 6.58 Å². The first-order chi connectivity index (χ1) is 19.2. The molecule has 1 saturated carbocycles. The van der Waals surface area contributed by atoms with E-state index < -0.39 is 88.8 Å². The summed E-state index contributed by atoms with van der Waals surface area (Å²) in [4.78, 5) is 89.9. The number of carbonyl (C=O) groups is 7. The van der Waals surface area contributed by atoms with Gasteiger partial charge in [-0.25, -0.2) is 0 Å². The zero-order valence-corrected chi connectivity index (χ0v) is 25.6. The molecule has 12 nitrogen and oxygen atoms in total. The van der Waals surface area contributed by atoms with Crippen LogP contribution >= 0.6 is 0 Å². The fraction of sp³-hybridized carbons (Fsp3) is 0.633. The quantitative estimate of drug-likeness (QED) is 0.261. The van der Waals surface area contributed by atoms with Crippen LogP contribution in [0.3, 0.4) is 0 Å². The summed E-state index contributed by atoms with van der Waals surface area (Å²) in [5.41, 5.74) is -5.27. The molecule has 2 rings (SSSR count). The van der Waals surface area contributed by atoms with E-state index in [-0.39, 0.29) is 17.8 Å². The lowest BCUT2D eigenvalue weighted by atomic mass is 9.73. The highest BCUT2D eigenvalue weighted by molar-refractivity contribution is 5.94. The van der Waals surface area contributed by atoms with E-state index in [0.717, 1.165) is 34.6 Å². The highest BCUT2D eigenvalue weighted by Gasteiger charge is 2.71. The van der Waals surface area contributed by atoms with Crippen molar-refractivity contribution in [3.8, 4) is 0 Å². The summed E-state index contributed by atoms with van der Waals surface area (Å²) in [6.45, 7) is 15.6. The van der Waals surface area contributed by atoms with Crippen LogP contribution < -0.4 is 0 Å². The number of fused-ring (bicyclic) bond motifs is 1. The fourth-order valence-corrected chi connectivity index (χ4v) is 5.80. The second-order valence-electron chi connectivity index (χ2n) is 11.7.